The zero-order valence-corrected chi connectivity index (χ0v) is 28.3. The highest BCUT2D eigenvalue weighted by Crippen LogP contribution is 2.47. The second-order valence-corrected chi connectivity index (χ2v) is 17.7. The largest absolute Gasteiger partial charge is 0.494 e. The number of nitro groups is 1. The summed E-state index contributed by atoms with van der Waals surface area (Å²) in [7, 11) is 5.32. The number of anilines is 2. The average Bonchev–Trinajstić information content (AvgIpc) is 3.33. The number of methoxy groups -OCH3 is 1. The van der Waals surface area contributed by atoms with Crippen LogP contribution in [-0.2, 0) is 11.0 Å². The molecule has 0 fully saturated rings. The third-order valence-electron chi connectivity index (χ3n) is 8.47. The Bertz CT molecular complexity index is 1650. The summed E-state index contributed by atoms with van der Waals surface area (Å²) in [6, 6.07) is 11.4. The molecule has 4 rings (SSSR count). The van der Waals surface area contributed by atoms with E-state index in [4.69, 9.17) is 19.9 Å². The molecule has 0 radical (unpaired) electrons. The van der Waals surface area contributed by atoms with Crippen LogP contribution in [0.25, 0.3) is 33.5 Å². The molecule has 0 amide bonds. The number of hydrogen-bond acceptors (Lipinski definition) is 9. The minimum atomic E-state index is -1.89. The van der Waals surface area contributed by atoms with Crippen LogP contribution in [0.4, 0.5) is 17.1 Å². The van der Waals surface area contributed by atoms with E-state index in [1.54, 1.807) is 6.20 Å². The van der Waals surface area contributed by atoms with Gasteiger partial charge in [0.05, 0.1) is 35.6 Å². The minimum absolute atomic E-state index is 0.130. The van der Waals surface area contributed by atoms with Crippen LogP contribution in [0.2, 0.25) is 18.1 Å². The molecule has 0 saturated heterocycles. The van der Waals surface area contributed by atoms with Gasteiger partial charge in [-0.25, -0.2) is 9.97 Å². The van der Waals surface area contributed by atoms with Gasteiger partial charge in [-0.05, 0) is 44.4 Å². The number of nitrogen functional groups attached to an aromatic ring is 1. The van der Waals surface area contributed by atoms with Gasteiger partial charge in [0.15, 0.2) is 19.9 Å². The smallest absolute Gasteiger partial charge is 0.295 e. The van der Waals surface area contributed by atoms with Crippen molar-refractivity contribution >= 4 is 36.3 Å². The molecule has 0 bridgehead atoms. The number of rotatable bonds is 12. The number of aromatic nitrogens is 3. The molecular formula is C32H45N7O4Si. The number of nitro benzene ring substituents is 1. The number of benzene rings is 2. The van der Waals surface area contributed by atoms with E-state index in [1.807, 2.05) is 49.1 Å². The van der Waals surface area contributed by atoms with Gasteiger partial charge in [0.25, 0.3) is 5.69 Å². The highest BCUT2D eigenvalue weighted by molar-refractivity contribution is 6.74. The summed E-state index contributed by atoms with van der Waals surface area (Å²) in [4.78, 5) is 25.2. The fraction of sp³-hybridized carbons (Fsp3) is 0.438. The van der Waals surface area contributed by atoms with Crippen molar-refractivity contribution in [3.63, 3.8) is 0 Å². The van der Waals surface area contributed by atoms with Gasteiger partial charge in [-0.1, -0.05) is 39.0 Å². The second-order valence-electron chi connectivity index (χ2n) is 12.9. The molecule has 0 aliphatic heterocycles. The first-order valence-electron chi connectivity index (χ1n) is 14.7. The lowest BCUT2D eigenvalue weighted by Gasteiger charge is -2.36. The number of nitrogens with two attached hydrogens (primary N) is 1. The number of nitrogens with zero attached hydrogens (tertiary/aromatic N) is 6. The van der Waals surface area contributed by atoms with E-state index in [0.29, 0.717) is 54.8 Å². The first kappa shape index (κ1) is 32.9. The SMILES string of the molecule is COc1c(N)cc([N+](=O)[O-])c(N(C)CCN(C)C)c1-c1nccc(-c2cn(CCO[Si](C)(C)C(C)(C)C)c3ccccc23)n1. The van der Waals surface area contributed by atoms with Gasteiger partial charge in [0.2, 0.25) is 0 Å². The summed E-state index contributed by atoms with van der Waals surface area (Å²) in [5.41, 5.74) is 9.74. The van der Waals surface area contributed by atoms with Crippen LogP contribution in [0.15, 0.2) is 48.8 Å². The lowest BCUT2D eigenvalue weighted by Crippen LogP contribution is -2.41. The van der Waals surface area contributed by atoms with Crippen LogP contribution < -0.4 is 15.4 Å². The lowest BCUT2D eigenvalue weighted by molar-refractivity contribution is -0.384. The van der Waals surface area contributed by atoms with Crippen molar-refractivity contribution in [3.05, 3.63) is 58.9 Å². The molecule has 0 saturated carbocycles. The topological polar surface area (TPSA) is 125 Å². The number of ether oxygens (including phenoxy) is 1. The van der Waals surface area contributed by atoms with Gasteiger partial charge in [-0.3, -0.25) is 10.1 Å². The summed E-state index contributed by atoms with van der Waals surface area (Å²) >= 11 is 0. The van der Waals surface area contributed by atoms with Crippen molar-refractivity contribution in [1.29, 1.82) is 0 Å². The Hall–Kier alpha value is -4.00. The van der Waals surface area contributed by atoms with E-state index in [0.717, 1.165) is 16.5 Å². The van der Waals surface area contributed by atoms with Gasteiger partial charge >= 0.3 is 0 Å². The van der Waals surface area contributed by atoms with Crippen LogP contribution in [0, 0.1) is 10.1 Å². The van der Waals surface area contributed by atoms with Crippen molar-refractivity contribution in [3.8, 4) is 28.4 Å². The predicted octanol–water partition coefficient (Wildman–Crippen LogP) is 6.28. The van der Waals surface area contributed by atoms with Crippen LogP contribution in [0.1, 0.15) is 20.8 Å². The first-order chi connectivity index (χ1) is 20.7. The second kappa shape index (κ2) is 12.9. The molecule has 0 atom stereocenters. The van der Waals surface area contributed by atoms with E-state index in [-0.39, 0.29) is 16.4 Å². The molecular weight excluding hydrogens is 574 g/mol. The van der Waals surface area contributed by atoms with Crippen molar-refractivity contribution < 1.29 is 14.1 Å². The van der Waals surface area contributed by atoms with Gasteiger partial charge < -0.3 is 29.3 Å². The number of hydrogen-bond donors (Lipinski definition) is 1. The molecule has 236 valence electrons. The van der Waals surface area contributed by atoms with Crippen molar-refractivity contribution in [2.75, 3.05) is 58.6 Å². The van der Waals surface area contributed by atoms with Gasteiger partial charge in [0, 0.05) is 61.6 Å². The van der Waals surface area contributed by atoms with Gasteiger partial charge in [-0.15, -0.1) is 0 Å². The van der Waals surface area contributed by atoms with Crippen molar-refractivity contribution in [1.82, 2.24) is 19.4 Å². The maximum absolute atomic E-state index is 12.3. The maximum Gasteiger partial charge on any atom is 0.295 e. The van der Waals surface area contributed by atoms with Crippen LogP contribution in [-0.4, -0.2) is 80.6 Å². The third kappa shape index (κ3) is 6.72. The van der Waals surface area contributed by atoms with Crippen LogP contribution in [0.5, 0.6) is 5.75 Å². The normalized spacial score (nSPS) is 12.2. The Kier molecular flexibility index (Phi) is 9.67. The molecule has 2 aromatic heterocycles. The Morgan fingerprint density at radius 1 is 1.11 bits per heavy atom. The molecule has 2 heterocycles. The standard InChI is InChI=1S/C32H45N7O4Si/c1-32(2,3)44(8,9)43-19-18-38-21-23(22-12-10-11-13-26(22)38)25-14-15-34-31(35-25)28-29(37(6)17-16-36(4)5)27(39(40)41)20-24(33)30(28)42-7/h10-15,20-21H,16-19,33H2,1-9H3. The monoisotopic (exact) mass is 619 g/mol. The van der Waals surface area contributed by atoms with E-state index in [9.17, 15) is 10.1 Å². The number of likely N-dealkylation sites (N-methyl/N-ethyl adjacent to an activating group) is 2. The van der Waals surface area contributed by atoms with E-state index < -0.39 is 13.2 Å². The highest BCUT2D eigenvalue weighted by atomic mass is 28.4. The summed E-state index contributed by atoms with van der Waals surface area (Å²) < 4.78 is 14.4. The summed E-state index contributed by atoms with van der Waals surface area (Å²) in [5, 5.41) is 13.4. The van der Waals surface area contributed by atoms with Gasteiger partial charge in [-0.2, -0.15) is 0 Å². The molecule has 2 N–H and O–H groups in total. The Morgan fingerprint density at radius 3 is 2.45 bits per heavy atom. The predicted molar refractivity (Wildman–Crippen MR) is 181 cm³/mol. The molecule has 0 spiro atoms. The molecule has 2 aromatic carbocycles. The summed E-state index contributed by atoms with van der Waals surface area (Å²) in [5.74, 6) is 0.587. The summed E-state index contributed by atoms with van der Waals surface area (Å²) in [6.45, 7) is 13.7. The van der Waals surface area contributed by atoms with E-state index in [2.05, 4.69) is 61.7 Å². The molecule has 0 aliphatic rings. The number of para-hydroxylation sites is 1. The quantitative estimate of drug-likeness (QED) is 0.0844. The van der Waals surface area contributed by atoms with Crippen LogP contribution >= 0.6 is 0 Å². The average molecular weight is 620 g/mol. The first-order valence-corrected chi connectivity index (χ1v) is 17.6. The van der Waals surface area contributed by atoms with Crippen LogP contribution in [0.3, 0.4) is 0 Å². The van der Waals surface area contributed by atoms with Gasteiger partial charge in [0.1, 0.15) is 5.69 Å². The lowest BCUT2D eigenvalue weighted by atomic mass is 10.0. The molecule has 11 nitrogen and oxygen atoms in total. The Balaban J connectivity index is 1.82. The fourth-order valence-corrected chi connectivity index (χ4v) is 5.99. The molecule has 4 aromatic rings. The number of fused-ring (bicyclic) bond motifs is 1. The minimum Gasteiger partial charge on any atom is -0.494 e. The Labute approximate surface area is 260 Å². The fourth-order valence-electron chi connectivity index (χ4n) is 4.96. The molecule has 44 heavy (non-hydrogen) atoms. The third-order valence-corrected chi connectivity index (χ3v) is 13.0. The molecule has 0 aliphatic carbocycles. The summed E-state index contributed by atoms with van der Waals surface area (Å²) in [6.07, 6.45) is 3.76. The molecule has 12 heteroatoms. The highest BCUT2D eigenvalue weighted by Gasteiger charge is 2.37. The van der Waals surface area contributed by atoms with E-state index in [1.165, 1.54) is 13.2 Å². The van der Waals surface area contributed by atoms with E-state index >= 15 is 0 Å². The molecule has 0 unspecified atom stereocenters. The van der Waals surface area contributed by atoms with Crippen molar-refractivity contribution in [2.45, 2.75) is 45.4 Å². The maximum atomic E-state index is 12.3. The zero-order chi connectivity index (χ0) is 32.4. The Morgan fingerprint density at radius 2 is 1.82 bits per heavy atom. The van der Waals surface area contributed by atoms with Crippen molar-refractivity contribution in [2.24, 2.45) is 0 Å². The zero-order valence-electron chi connectivity index (χ0n) is 27.3.